The molecule has 3 rings (SSSR count). The smallest absolute Gasteiger partial charge is 0.296 e. The molecule has 0 atom stereocenters. The Morgan fingerprint density at radius 2 is 1.95 bits per heavy atom. The van der Waals surface area contributed by atoms with Crippen molar-refractivity contribution in [1.82, 2.24) is 9.97 Å². The van der Waals surface area contributed by atoms with Crippen molar-refractivity contribution in [3.8, 4) is 0 Å². The van der Waals surface area contributed by atoms with Crippen molar-refractivity contribution in [2.45, 2.75) is 33.2 Å². The van der Waals surface area contributed by atoms with E-state index in [-0.39, 0.29) is 5.92 Å². The zero-order valence-corrected chi connectivity index (χ0v) is 11.8. The van der Waals surface area contributed by atoms with Crippen LogP contribution in [0.5, 0.6) is 0 Å². The summed E-state index contributed by atoms with van der Waals surface area (Å²) in [6, 6.07) is 8.16. The fraction of sp³-hybridized carbons (Fsp3) is 0.333. The SMILES string of the molecule is Cc1nc(C(C)C)oc1CNc1nc2ccccc2o1. The summed E-state index contributed by atoms with van der Waals surface area (Å²) < 4.78 is 11.3. The van der Waals surface area contributed by atoms with Gasteiger partial charge in [-0.15, -0.1) is 0 Å². The quantitative estimate of drug-likeness (QED) is 0.780. The highest BCUT2D eigenvalue weighted by Gasteiger charge is 2.13. The summed E-state index contributed by atoms with van der Waals surface area (Å²) in [6.45, 7) is 6.57. The summed E-state index contributed by atoms with van der Waals surface area (Å²) in [7, 11) is 0. The molecule has 0 aliphatic rings. The van der Waals surface area contributed by atoms with Gasteiger partial charge in [0, 0.05) is 5.92 Å². The minimum Gasteiger partial charge on any atom is -0.443 e. The molecule has 0 bridgehead atoms. The predicted octanol–water partition coefficient (Wildman–Crippen LogP) is 3.86. The molecule has 0 unspecified atom stereocenters. The number of hydrogen-bond donors (Lipinski definition) is 1. The Morgan fingerprint density at radius 1 is 1.15 bits per heavy atom. The molecule has 0 saturated carbocycles. The van der Waals surface area contributed by atoms with Gasteiger partial charge in [-0.2, -0.15) is 4.98 Å². The third-order valence-electron chi connectivity index (χ3n) is 3.10. The number of para-hydroxylation sites is 2. The maximum Gasteiger partial charge on any atom is 0.296 e. The van der Waals surface area contributed by atoms with Crippen LogP contribution < -0.4 is 5.32 Å². The molecule has 1 aromatic carbocycles. The van der Waals surface area contributed by atoms with Crippen molar-refractivity contribution in [3.05, 3.63) is 41.6 Å². The molecule has 2 aromatic heterocycles. The molecular weight excluding hydrogens is 254 g/mol. The molecule has 104 valence electrons. The number of hydrogen-bond acceptors (Lipinski definition) is 5. The Bertz CT molecular complexity index is 695. The standard InChI is InChI=1S/C15H17N3O2/c1-9(2)14-17-10(3)13(19-14)8-16-15-18-11-6-4-5-7-12(11)20-15/h4-7,9H,8H2,1-3H3,(H,16,18). The van der Waals surface area contributed by atoms with E-state index in [1.54, 1.807) is 0 Å². The van der Waals surface area contributed by atoms with Gasteiger partial charge in [0.15, 0.2) is 11.5 Å². The largest absolute Gasteiger partial charge is 0.443 e. The van der Waals surface area contributed by atoms with Gasteiger partial charge in [-0.3, -0.25) is 0 Å². The lowest BCUT2D eigenvalue weighted by atomic mass is 10.2. The third kappa shape index (κ3) is 2.39. The summed E-state index contributed by atoms with van der Waals surface area (Å²) in [6.07, 6.45) is 0. The van der Waals surface area contributed by atoms with E-state index in [1.807, 2.05) is 31.2 Å². The molecule has 0 aliphatic heterocycles. The topological polar surface area (TPSA) is 64.1 Å². The molecule has 0 spiro atoms. The van der Waals surface area contributed by atoms with Gasteiger partial charge in [0.1, 0.15) is 11.3 Å². The van der Waals surface area contributed by atoms with Crippen molar-refractivity contribution in [3.63, 3.8) is 0 Å². The average molecular weight is 271 g/mol. The maximum atomic E-state index is 5.73. The van der Waals surface area contributed by atoms with Crippen LogP contribution in [0.2, 0.25) is 0 Å². The summed E-state index contributed by atoms with van der Waals surface area (Å²) in [5.41, 5.74) is 2.51. The lowest BCUT2D eigenvalue weighted by molar-refractivity contribution is 0.438. The molecule has 0 fully saturated rings. The van der Waals surface area contributed by atoms with E-state index < -0.39 is 0 Å². The third-order valence-corrected chi connectivity index (χ3v) is 3.10. The Morgan fingerprint density at radius 3 is 2.65 bits per heavy atom. The second-order valence-corrected chi connectivity index (χ2v) is 5.06. The first-order valence-electron chi connectivity index (χ1n) is 6.69. The van der Waals surface area contributed by atoms with E-state index in [4.69, 9.17) is 8.83 Å². The van der Waals surface area contributed by atoms with Gasteiger partial charge >= 0.3 is 0 Å². The minimum absolute atomic E-state index is 0.284. The van der Waals surface area contributed by atoms with Crippen LogP contribution in [0.1, 0.15) is 37.1 Å². The molecule has 0 saturated heterocycles. The van der Waals surface area contributed by atoms with Gasteiger partial charge in [-0.25, -0.2) is 4.98 Å². The Balaban J connectivity index is 1.75. The molecule has 5 nitrogen and oxygen atoms in total. The second-order valence-electron chi connectivity index (χ2n) is 5.06. The van der Waals surface area contributed by atoms with Gasteiger partial charge in [0.2, 0.25) is 0 Å². The van der Waals surface area contributed by atoms with E-state index in [2.05, 4.69) is 29.1 Å². The van der Waals surface area contributed by atoms with E-state index in [9.17, 15) is 0 Å². The second kappa shape index (κ2) is 5.00. The first-order chi connectivity index (χ1) is 9.63. The van der Waals surface area contributed by atoms with Crippen LogP contribution in [0, 0.1) is 6.92 Å². The lowest BCUT2D eigenvalue weighted by Gasteiger charge is -1.99. The fourth-order valence-corrected chi connectivity index (χ4v) is 1.97. The van der Waals surface area contributed by atoms with E-state index in [1.165, 1.54) is 0 Å². The average Bonchev–Trinajstić information content (AvgIpc) is 2.99. The molecule has 2 heterocycles. The summed E-state index contributed by atoms with van der Waals surface area (Å²) in [5, 5.41) is 3.13. The summed E-state index contributed by atoms with van der Waals surface area (Å²) in [4.78, 5) is 8.77. The fourth-order valence-electron chi connectivity index (χ4n) is 1.97. The minimum atomic E-state index is 0.284. The van der Waals surface area contributed by atoms with Crippen LogP contribution in [-0.2, 0) is 6.54 Å². The van der Waals surface area contributed by atoms with Crippen LogP contribution >= 0.6 is 0 Å². The zero-order chi connectivity index (χ0) is 14.1. The molecule has 0 aliphatic carbocycles. The molecule has 0 radical (unpaired) electrons. The summed E-state index contributed by atoms with van der Waals surface area (Å²) in [5.74, 6) is 1.86. The van der Waals surface area contributed by atoms with Crippen molar-refractivity contribution in [2.24, 2.45) is 0 Å². The Kier molecular flexibility index (Phi) is 3.18. The van der Waals surface area contributed by atoms with Crippen LogP contribution in [0.25, 0.3) is 11.1 Å². The van der Waals surface area contributed by atoms with Crippen LogP contribution in [-0.4, -0.2) is 9.97 Å². The van der Waals surface area contributed by atoms with Crippen LogP contribution in [0.4, 0.5) is 6.01 Å². The van der Waals surface area contributed by atoms with Gasteiger partial charge in [0.05, 0.1) is 12.2 Å². The van der Waals surface area contributed by atoms with E-state index in [0.29, 0.717) is 12.6 Å². The van der Waals surface area contributed by atoms with E-state index in [0.717, 1.165) is 28.4 Å². The molecule has 3 aromatic rings. The van der Waals surface area contributed by atoms with E-state index >= 15 is 0 Å². The Hall–Kier alpha value is -2.30. The van der Waals surface area contributed by atoms with Gasteiger partial charge in [-0.1, -0.05) is 26.0 Å². The number of nitrogens with one attached hydrogen (secondary N) is 1. The number of oxazole rings is 2. The first-order valence-corrected chi connectivity index (χ1v) is 6.69. The highest BCUT2D eigenvalue weighted by molar-refractivity contribution is 5.74. The van der Waals surface area contributed by atoms with Crippen LogP contribution in [0.15, 0.2) is 33.1 Å². The number of aromatic nitrogens is 2. The van der Waals surface area contributed by atoms with Crippen molar-refractivity contribution >= 4 is 17.1 Å². The lowest BCUT2D eigenvalue weighted by Crippen LogP contribution is -1.99. The van der Waals surface area contributed by atoms with Crippen molar-refractivity contribution in [2.75, 3.05) is 5.32 Å². The highest BCUT2D eigenvalue weighted by Crippen LogP contribution is 2.21. The van der Waals surface area contributed by atoms with Gasteiger partial charge in [-0.05, 0) is 19.1 Å². The number of anilines is 1. The number of benzene rings is 1. The predicted molar refractivity (Wildman–Crippen MR) is 76.7 cm³/mol. The van der Waals surface area contributed by atoms with Crippen molar-refractivity contribution in [1.29, 1.82) is 0 Å². The number of rotatable bonds is 4. The molecular formula is C15H17N3O2. The first kappa shape index (κ1) is 12.7. The Labute approximate surface area is 117 Å². The number of fused-ring (bicyclic) bond motifs is 1. The zero-order valence-electron chi connectivity index (χ0n) is 11.8. The molecule has 0 amide bonds. The highest BCUT2D eigenvalue weighted by atomic mass is 16.4. The molecule has 5 heteroatoms. The summed E-state index contributed by atoms with van der Waals surface area (Å²) >= 11 is 0. The van der Waals surface area contributed by atoms with Gasteiger partial charge < -0.3 is 14.2 Å². The number of aryl methyl sites for hydroxylation is 1. The van der Waals surface area contributed by atoms with Crippen molar-refractivity contribution < 1.29 is 8.83 Å². The number of nitrogens with zero attached hydrogens (tertiary/aromatic N) is 2. The van der Waals surface area contributed by atoms with Crippen LogP contribution in [0.3, 0.4) is 0 Å². The molecule has 1 N–H and O–H groups in total. The van der Waals surface area contributed by atoms with Gasteiger partial charge in [0.25, 0.3) is 6.01 Å². The monoisotopic (exact) mass is 271 g/mol. The maximum absolute atomic E-state index is 5.73. The molecule has 20 heavy (non-hydrogen) atoms. The normalized spacial score (nSPS) is 11.4.